The number of hydrogen-bond acceptors (Lipinski definition) is 5. The molecule has 0 saturated heterocycles. The van der Waals surface area contributed by atoms with E-state index in [1.807, 2.05) is 6.07 Å². The molecule has 3 heterocycles. The second-order valence-electron chi connectivity index (χ2n) is 6.52. The maximum atomic E-state index is 12.9. The molecule has 2 N–H and O–H groups in total. The van der Waals surface area contributed by atoms with Gasteiger partial charge in [-0.05, 0) is 61.6 Å². The van der Waals surface area contributed by atoms with Gasteiger partial charge in [0.1, 0.15) is 16.5 Å². The average molecular weight is 396 g/mol. The fourth-order valence-corrected chi connectivity index (χ4v) is 4.55. The second kappa shape index (κ2) is 8.31. The van der Waals surface area contributed by atoms with Gasteiger partial charge in [-0.25, -0.2) is 0 Å². The molecule has 0 bridgehead atoms. The first kappa shape index (κ1) is 18.3. The topological polar surface area (TPSA) is 84.5 Å². The normalized spacial score (nSPS) is 13.4. The van der Waals surface area contributed by atoms with Crippen molar-refractivity contribution in [1.29, 1.82) is 0 Å². The molecule has 0 aliphatic heterocycles. The van der Waals surface area contributed by atoms with Crippen molar-refractivity contribution in [2.75, 3.05) is 5.32 Å². The smallest absolute Gasteiger partial charge is 0.254 e. The van der Waals surface area contributed by atoms with Crippen molar-refractivity contribution in [3.63, 3.8) is 0 Å². The average Bonchev–Trinajstić information content (AvgIpc) is 3.45. The molecule has 1 aliphatic rings. The Morgan fingerprint density at radius 1 is 1.11 bits per heavy atom. The standard InChI is InChI=1S/C21H20N2O4S/c24-18(10-9-14-5-3-11-26-14)23-21-19(16-7-1-2-8-17(16)28-21)20(25)22-13-15-6-4-12-27-15/h3-6,9-12H,1-2,7-8,13H2,(H,22,25)(H,23,24). The van der Waals surface area contributed by atoms with Crippen LogP contribution in [0.2, 0.25) is 0 Å². The SMILES string of the molecule is O=C(C=Cc1ccco1)Nc1sc2c(c1C(=O)NCc1ccco1)CCCC2. The number of carbonyl (C=O) groups excluding carboxylic acids is 2. The molecule has 144 valence electrons. The number of carbonyl (C=O) groups is 2. The molecule has 28 heavy (non-hydrogen) atoms. The quantitative estimate of drug-likeness (QED) is 0.605. The van der Waals surface area contributed by atoms with Crippen LogP contribution in [0.5, 0.6) is 0 Å². The van der Waals surface area contributed by atoms with E-state index in [4.69, 9.17) is 8.83 Å². The summed E-state index contributed by atoms with van der Waals surface area (Å²) in [6, 6.07) is 7.12. The number of fused-ring (bicyclic) bond motifs is 1. The molecule has 0 saturated carbocycles. The van der Waals surface area contributed by atoms with Gasteiger partial charge in [-0.3, -0.25) is 9.59 Å². The fraction of sp³-hybridized carbons (Fsp3) is 0.238. The Kier molecular flexibility index (Phi) is 5.43. The van der Waals surface area contributed by atoms with Crippen LogP contribution in [0.25, 0.3) is 6.08 Å². The van der Waals surface area contributed by atoms with Crippen LogP contribution < -0.4 is 10.6 Å². The van der Waals surface area contributed by atoms with Crippen LogP contribution in [0.15, 0.2) is 51.7 Å². The lowest BCUT2D eigenvalue weighted by Crippen LogP contribution is -2.25. The third-order valence-electron chi connectivity index (χ3n) is 4.58. The van der Waals surface area contributed by atoms with E-state index < -0.39 is 0 Å². The highest BCUT2D eigenvalue weighted by atomic mass is 32.1. The largest absolute Gasteiger partial charge is 0.467 e. The summed E-state index contributed by atoms with van der Waals surface area (Å²) < 4.78 is 10.5. The summed E-state index contributed by atoms with van der Waals surface area (Å²) in [5, 5.41) is 6.36. The number of hydrogen-bond donors (Lipinski definition) is 2. The van der Waals surface area contributed by atoms with E-state index in [9.17, 15) is 9.59 Å². The van der Waals surface area contributed by atoms with E-state index >= 15 is 0 Å². The molecule has 6 nitrogen and oxygen atoms in total. The summed E-state index contributed by atoms with van der Waals surface area (Å²) in [5.41, 5.74) is 1.63. The van der Waals surface area contributed by atoms with Gasteiger partial charge in [0.05, 0.1) is 24.6 Å². The molecule has 1 aliphatic carbocycles. The van der Waals surface area contributed by atoms with Gasteiger partial charge in [-0.15, -0.1) is 11.3 Å². The summed E-state index contributed by atoms with van der Waals surface area (Å²) in [6.07, 6.45) is 10.1. The van der Waals surface area contributed by atoms with Gasteiger partial charge >= 0.3 is 0 Å². The molecule has 7 heteroatoms. The van der Waals surface area contributed by atoms with Crippen LogP contribution >= 0.6 is 11.3 Å². The lowest BCUT2D eigenvalue weighted by atomic mass is 9.95. The number of nitrogens with one attached hydrogen (secondary N) is 2. The third-order valence-corrected chi connectivity index (χ3v) is 5.79. The van der Waals surface area contributed by atoms with Crippen LogP contribution in [0.1, 0.15) is 45.2 Å². The van der Waals surface area contributed by atoms with Crippen molar-refractivity contribution in [3.8, 4) is 0 Å². The summed E-state index contributed by atoms with van der Waals surface area (Å²) in [6.45, 7) is 0.308. The number of aryl methyl sites for hydroxylation is 1. The van der Waals surface area contributed by atoms with Gasteiger partial charge in [0, 0.05) is 11.0 Å². The van der Waals surface area contributed by atoms with Crippen LogP contribution in [0, 0.1) is 0 Å². The third kappa shape index (κ3) is 4.09. The number of thiophene rings is 1. The highest BCUT2D eigenvalue weighted by Crippen LogP contribution is 2.38. The van der Waals surface area contributed by atoms with E-state index in [-0.39, 0.29) is 11.8 Å². The summed E-state index contributed by atoms with van der Waals surface area (Å²) in [4.78, 5) is 26.4. The molecular weight excluding hydrogens is 376 g/mol. The van der Waals surface area contributed by atoms with Crippen molar-refractivity contribution >= 4 is 34.2 Å². The lowest BCUT2D eigenvalue weighted by Gasteiger charge is -2.13. The first-order chi connectivity index (χ1) is 13.7. The Bertz CT molecular complexity index is 984. The number of anilines is 1. The Hall–Kier alpha value is -3.06. The van der Waals surface area contributed by atoms with Crippen LogP contribution in [0.3, 0.4) is 0 Å². The Morgan fingerprint density at radius 3 is 2.71 bits per heavy atom. The van der Waals surface area contributed by atoms with E-state index in [1.165, 1.54) is 22.3 Å². The maximum absolute atomic E-state index is 12.9. The number of furan rings is 2. The predicted molar refractivity (Wildman–Crippen MR) is 107 cm³/mol. The van der Waals surface area contributed by atoms with Gasteiger partial charge in [0.15, 0.2) is 0 Å². The molecular formula is C21H20N2O4S. The van der Waals surface area contributed by atoms with Gasteiger partial charge in [-0.1, -0.05) is 0 Å². The molecule has 0 fully saturated rings. The van der Waals surface area contributed by atoms with E-state index in [0.29, 0.717) is 28.6 Å². The summed E-state index contributed by atoms with van der Waals surface area (Å²) >= 11 is 1.49. The number of rotatable bonds is 6. The zero-order valence-corrected chi connectivity index (χ0v) is 16.0. The highest BCUT2D eigenvalue weighted by molar-refractivity contribution is 7.17. The maximum Gasteiger partial charge on any atom is 0.254 e. The zero-order valence-electron chi connectivity index (χ0n) is 15.2. The minimum atomic E-state index is -0.296. The molecule has 0 spiro atoms. The van der Waals surface area contributed by atoms with Crippen molar-refractivity contribution in [1.82, 2.24) is 5.32 Å². The fourth-order valence-electron chi connectivity index (χ4n) is 3.26. The highest BCUT2D eigenvalue weighted by Gasteiger charge is 2.26. The predicted octanol–water partition coefficient (Wildman–Crippen LogP) is 4.39. The molecule has 4 rings (SSSR count). The first-order valence-corrected chi connectivity index (χ1v) is 10.00. The molecule has 2 amide bonds. The van der Waals surface area contributed by atoms with Crippen LogP contribution in [0.4, 0.5) is 5.00 Å². The van der Waals surface area contributed by atoms with Crippen molar-refractivity contribution in [2.45, 2.75) is 32.2 Å². The molecule has 3 aromatic heterocycles. The van der Waals surface area contributed by atoms with Crippen molar-refractivity contribution < 1.29 is 18.4 Å². The molecule has 0 aromatic carbocycles. The Balaban J connectivity index is 1.53. The van der Waals surface area contributed by atoms with Gasteiger partial charge in [0.2, 0.25) is 5.91 Å². The first-order valence-electron chi connectivity index (χ1n) is 9.18. The van der Waals surface area contributed by atoms with Gasteiger partial charge in [-0.2, -0.15) is 0 Å². The monoisotopic (exact) mass is 396 g/mol. The Morgan fingerprint density at radius 2 is 1.93 bits per heavy atom. The van der Waals surface area contributed by atoms with E-state index in [2.05, 4.69) is 10.6 Å². The van der Waals surface area contributed by atoms with Crippen LogP contribution in [-0.2, 0) is 24.2 Å². The molecule has 0 unspecified atom stereocenters. The minimum absolute atomic E-state index is 0.193. The zero-order chi connectivity index (χ0) is 19.3. The van der Waals surface area contributed by atoms with Gasteiger partial charge in [0.25, 0.3) is 5.91 Å². The molecule has 0 radical (unpaired) electrons. The van der Waals surface area contributed by atoms with Crippen LogP contribution in [-0.4, -0.2) is 11.8 Å². The number of amides is 2. The molecule has 3 aromatic rings. The van der Waals surface area contributed by atoms with E-state index in [1.54, 1.807) is 36.8 Å². The minimum Gasteiger partial charge on any atom is -0.467 e. The molecule has 0 atom stereocenters. The summed E-state index contributed by atoms with van der Waals surface area (Å²) in [7, 11) is 0. The summed E-state index contributed by atoms with van der Waals surface area (Å²) in [5.74, 6) is 0.789. The van der Waals surface area contributed by atoms with Crippen molar-refractivity contribution in [2.24, 2.45) is 0 Å². The second-order valence-corrected chi connectivity index (χ2v) is 7.62. The Labute approximate surface area is 166 Å². The van der Waals surface area contributed by atoms with Crippen molar-refractivity contribution in [3.05, 3.63) is 70.4 Å². The van der Waals surface area contributed by atoms with Gasteiger partial charge < -0.3 is 19.5 Å². The lowest BCUT2D eigenvalue weighted by molar-refractivity contribution is -0.111. The van der Waals surface area contributed by atoms with E-state index in [0.717, 1.165) is 31.2 Å².